The second-order valence-electron chi connectivity index (χ2n) is 5.96. The number of para-hydroxylation sites is 1. The van der Waals surface area contributed by atoms with Crippen molar-refractivity contribution in [2.75, 3.05) is 11.4 Å². The maximum atomic E-state index is 12.9. The Kier molecular flexibility index (Phi) is 3.37. The van der Waals surface area contributed by atoms with E-state index in [2.05, 4.69) is 9.97 Å². The first-order valence-electron chi connectivity index (χ1n) is 7.80. The van der Waals surface area contributed by atoms with Crippen molar-refractivity contribution in [2.45, 2.75) is 18.9 Å². The number of nitrogens with one attached hydrogen (secondary N) is 1. The number of nitrogens with zero attached hydrogens (tertiary/aromatic N) is 2. The zero-order valence-corrected chi connectivity index (χ0v) is 13.8. The lowest BCUT2D eigenvalue weighted by Gasteiger charge is -2.23. The van der Waals surface area contributed by atoms with E-state index in [-0.39, 0.29) is 12.3 Å². The van der Waals surface area contributed by atoms with Gasteiger partial charge in [0, 0.05) is 23.6 Å². The van der Waals surface area contributed by atoms with E-state index in [4.69, 9.17) is 11.6 Å². The molecule has 1 unspecified atom stereocenters. The van der Waals surface area contributed by atoms with Crippen molar-refractivity contribution >= 4 is 34.2 Å². The summed E-state index contributed by atoms with van der Waals surface area (Å²) in [6, 6.07) is 10.9. The van der Waals surface area contributed by atoms with Crippen LogP contribution < -0.4 is 4.90 Å². The van der Waals surface area contributed by atoms with E-state index in [9.17, 15) is 9.90 Å². The molecule has 2 N–H and O–H groups in total. The highest BCUT2D eigenvalue weighted by Gasteiger charge is 2.49. The van der Waals surface area contributed by atoms with Crippen molar-refractivity contribution in [3.05, 3.63) is 58.9 Å². The molecular weight excluding hydrogens is 326 g/mol. The van der Waals surface area contributed by atoms with E-state index < -0.39 is 5.60 Å². The summed E-state index contributed by atoms with van der Waals surface area (Å²) in [4.78, 5) is 21.9. The van der Waals surface area contributed by atoms with Gasteiger partial charge in [-0.1, -0.05) is 23.7 Å². The summed E-state index contributed by atoms with van der Waals surface area (Å²) in [5.74, 6) is -0.324. The quantitative estimate of drug-likeness (QED) is 0.769. The van der Waals surface area contributed by atoms with Gasteiger partial charge in [0.25, 0.3) is 5.91 Å². The standard InChI is InChI=1S/C18H16ClN3O2/c1-2-22-15-7-6-12(19)8-13(15)18(24,17(22)23)9-11-4-3-5-14-16(11)21-10-20-14/h3-8,10,24H,2,9H2,1H3,(H,20,21). The van der Waals surface area contributed by atoms with Gasteiger partial charge in [-0.2, -0.15) is 0 Å². The Labute approximate surface area is 143 Å². The molecule has 0 bridgehead atoms. The van der Waals surface area contributed by atoms with Crippen molar-refractivity contribution < 1.29 is 9.90 Å². The van der Waals surface area contributed by atoms with Gasteiger partial charge in [0.2, 0.25) is 0 Å². The van der Waals surface area contributed by atoms with Crippen LogP contribution >= 0.6 is 11.6 Å². The Hall–Kier alpha value is -2.37. The first-order valence-corrected chi connectivity index (χ1v) is 8.17. The molecule has 1 amide bonds. The highest BCUT2D eigenvalue weighted by molar-refractivity contribution is 6.31. The summed E-state index contributed by atoms with van der Waals surface area (Å²) >= 11 is 6.11. The molecule has 1 aliphatic heterocycles. The number of fused-ring (bicyclic) bond motifs is 2. The Balaban J connectivity index is 1.86. The van der Waals surface area contributed by atoms with Crippen LogP contribution in [-0.4, -0.2) is 27.5 Å². The zero-order chi connectivity index (χ0) is 16.9. The summed E-state index contributed by atoms with van der Waals surface area (Å²) in [7, 11) is 0. The number of halogens is 1. The lowest BCUT2D eigenvalue weighted by molar-refractivity contribution is -0.135. The summed E-state index contributed by atoms with van der Waals surface area (Å²) in [6.07, 6.45) is 1.76. The van der Waals surface area contributed by atoms with Gasteiger partial charge in [-0.3, -0.25) is 4.79 Å². The number of aromatic amines is 1. The number of hydrogen-bond donors (Lipinski definition) is 2. The first-order chi connectivity index (χ1) is 11.5. The molecule has 4 rings (SSSR count). The van der Waals surface area contributed by atoms with Crippen LogP contribution in [0.5, 0.6) is 0 Å². The molecule has 2 heterocycles. The summed E-state index contributed by atoms with van der Waals surface area (Å²) < 4.78 is 0. The molecule has 0 saturated heterocycles. The maximum absolute atomic E-state index is 12.9. The minimum atomic E-state index is -1.64. The molecule has 1 aromatic heterocycles. The number of imidazole rings is 1. The number of aromatic nitrogens is 2. The molecule has 0 fully saturated rings. The highest BCUT2D eigenvalue weighted by atomic mass is 35.5. The minimum absolute atomic E-state index is 0.151. The van der Waals surface area contributed by atoms with Crippen molar-refractivity contribution in [1.29, 1.82) is 0 Å². The lowest BCUT2D eigenvalue weighted by Crippen LogP contribution is -2.41. The topological polar surface area (TPSA) is 69.2 Å². The average molecular weight is 342 g/mol. The van der Waals surface area contributed by atoms with Crippen LogP contribution in [-0.2, 0) is 16.8 Å². The van der Waals surface area contributed by atoms with E-state index in [1.54, 1.807) is 29.4 Å². The second-order valence-corrected chi connectivity index (χ2v) is 6.40. The molecule has 0 aliphatic carbocycles. The fraction of sp³-hybridized carbons (Fsp3) is 0.222. The van der Waals surface area contributed by atoms with Crippen LogP contribution in [0.15, 0.2) is 42.7 Å². The van der Waals surface area contributed by atoms with Crippen molar-refractivity contribution in [1.82, 2.24) is 9.97 Å². The molecule has 2 aromatic carbocycles. The normalized spacial score (nSPS) is 20.0. The third-order valence-electron chi connectivity index (χ3n) is 4.59. The van der Waals surface area contributed by atoms with Crippen LogP contribution in [0.1, 0.15) is 18.1 Å². The predicted molar refractivity (Wildman–Crippen MR) is 93.2 cm³/mol. The molecule has 1 aliphatic rings. The number of H-pyrrole nitrogens is 1. The zero-order valence-electron chi connectivity index (χ0n) is 13.1. The molecule has 24 heavy (non-hydrogen) atoms. The monoisotopic (exact) mass is 341 g/mol. The minimum Gasteiger partial charge on any atom is -0.375 e. The largest absolute Gasteiger partial charge is 0.375 e. The third-order valence-corrected chi connectivity index (χ3v) is 4.82. The number of carbonyl (C=O) groups excluding carboxylic acids is 1. The number of likely N-dealkylation sites (N-methyl/N-ethyl adjacent to an activating group) is 1. The average Bonchev–Trinajstić information content (AvgIpc) is 3.12. The molecule has 122 valence electrons. The molecule has 0 saturated carbocycles. The van der Waals surface area contributed by atoms with Crippen molar-refractivity contribution in [2.24, 2.45) is 0 Å². The molecule has 6 heteroatoms. The van der Waals surface area contributed by atoms with E-state index in [1.807, 2.05) is 25.1 Å². The van der Waals surface area contributed by atoms with Crippen molar-refractivity contribution in [3.63, 3.8) is 0 Å². The Morgan fingerprint density at radius 2 is 2.17 bits per heavy atom. The van der Waals surface area contributed by atoms with Gasteiger partial charge < -0.3 is 15.0 Å². The van der Waals surface area contributed by atoms with Gasteiger partial charge in [-0.25, -0.2) is 4.98 Å². The second kappa shape index (κ2) is 5.33. The van der Waals surface area contributed by atoms with E-state index >= 15 is 0 Å². The number of amides is 1. The first kappa shape index (κ1) is 15.2. The Morgan fingerprint density at radius 3 is 2.96 bits per heavy atom. The number of anilines is 1. The molecule has 0 radical (unpaired) electrons. The van der Waals surface area contributed by atoms with Crippen LogP contribution in [0.3, 0.4) is 0 Å². The molecule has 5 nitrogen and oxygen atoms in total. The van der Waals surface area contributed by atoms with Gasteiger partial charge in [-0.15, -0.1) is 0 Å². The lowest BCUT2D eigenvalue weighted by atomic mass is 9.88. The SMILES string of the molecule is CCN1C(=O)C(O)(Cc2cccc3[nH]cnc23)c2cc(Cl)ccc21. The number of aliphatic hydroxyl groups is 1. The van der Waals surface area contributed by atoms with E-state index in [0.29, 0.717) is 22.8 Å². The summed E-state index contributed by atoms with van der Waals surface area (Å²) in [6.45, 7) is 2.37. The van der Waals surface area contributed by atoms with Crippen molar-refractivity contribution in [3.8, 4) is 0 Å². The third kappa shape index (κ3) is 2.05. The van der Waals surface area contributed by atoms with Gasteiger partial charge in [0.15, 0.2) is 5.60 Å². The number of carbonyl (C=O) groups is 1. The Morgan fingerprint density at radius 1 is 1.33 bits per heavy atom. The maximum Gasteiger partial charge on any atom is 0.264 e. The molecule has 0 spiro atoms. The Bertz CT molecular complexity index is 952. The van der Waals surface area contributed by atoms with Gasteiger partial charge >= 0.3 is 0 Å². The highest BCUT2D eigenvalue weighted by Crippen LogP contribution is 2.43. The van der Waals surface area contributed by atoms with Gasteiger partial charge in [-0.05, 0) is 36.8 Å². The van der Waals surface area contributed by atoms with Crippen LogP contribution in [0.2, 0.25) is 5.02 Å². The molecule has 1 atom stereocenters. The van der Waals surface area contributed by atoms with Gasteiger partial charge in [0.1, 0.15) is 0 Å². The van der Waals surface area contributed by atoms with Crippen LogP contribution in [0.25, 0.3) is 11.0 Å². The summed E-state index contributed by atoms with van der Waals surface area (Å²) in [5.41, 5.74) is 2.08. The van der Waals surface area contributed by atoms with Gasteiger partial charge in [0.05, 0.1) is 23.0 Å². The van der Waals surface area contributed by atoms with E-state index in [0.717, 1.165) is 16.6 Å². The molecule has 3 aromatic rings. The fourth-order valence-electron chi connectivity index (χ4n) is 3.45. The molecular formula is C18H16ClN3O2. The number of rotatable bonds is 3. The van der Waals surface area contributed by atoms with E-state index in [1.165, 1.54) is 0 Å². The van der Waals surface area contributed by atoms with Crippen LogP contribution in [0.4, 0.5) is 5.69 Å². The van der Waals surface area contributed by atoms with Crippen LogP contribution in [0, 0.1) is 0 Å². The summed E-state index contributed by atoms with van der Waals surface area (Å²) in [5, 5.41) is 11.8. The smallest absolute Gasteiger partial charge is 0.264 e. The predicted octanol–water partition coefficient (Wildman–Crippen LogP) is 3.01. The number of benzene rings is 2. The fourth-order valence-corrected chi connectivity index (χ4v) is 3.62. The number of hydrogen-bond acceptors (Lipinski definition) is 3.